The minimum Gasteiger partial charge on any atom is -0.480 e. The van der Waals surface area contributed by atoms with Gasteiger partial charge in [-0.2, -0.15) is 0 Å². The highest BCUT2D eigenvalue weighted by Crippen LogP contribution is 2.13. The van der Waals surface area contributed by atoms with E-state index in [1.165, 1.54) is 70.6 Å². The van der Waals surface area contributed by atoms with Gasteiger partial charge in [-0.3, -0.25) is 4.79 Å². The summed E-state index contributed by atoms with van der Waals surface area (Å²) in [4.78, 5) is 35.0. The molecule has 0 saturated heterocycles. The molecule has 0 aromatic heterocycles. The number of ether oxygens (including phenoxy) is 1. The zero-order valence-corrected chi connectivity index (χ0v) is 22.4. The lowest BCUT2D eigenvalue weighted by Gasteiger charge is -2.22. The van der Waals surface area contributed by atoms with Gasteiger partial charge in [0.15, 0.2) is 0 Å². The van der Waals surface area contributed by atoms with Crippen molar-refractivity contribution in [3.8, 4) is 0 Å². The molecule has 200 valence electrons. The lowest BCUT2D eigenvalue weighted by molar-refractivity contribution is -0.139. The van der Waals surface area contributed by atoms with Crippen molar-refractivity contribution < 1.29 is 24.2 Å². The van der Waals surface area contributed by atoms with E-state index in [4.69, 9.17) is 4.74 Å². The molecule has 0 heterocycles. The van der Waals surface area contributed by atoms with Crippen LogP contribution in [0.15, 0.2) is 0 Å². The summed E-state index contributed by atoms with van der Waals surface area (Å²) in [5.74, 6) is -1.03. The SMILES string of the molecule is CCCCCCCCCCCCCCCC(=O)NCCCC[C@H](NC(=O)OC(C)(C)C)C(=O)O. The van der Waals surface area contributed by atoms with E-state index in [1.807, 2.05) is 0 Å². The van der Waals surface area contributed by atoms with Crippen LogP contribution >= 0.6 is 0 Å². The smallest absolute Gasteiger partial charge is 0.408 e. The summed E-state index contributed by atoms with van der Waals surface area (Å²) in [7, 11) is 0. The first-order valence-corrected chi connectivity index (χ1v) is 13.6. The Balaban J connectivity index is 3.61. The molecule has 0 saturated carbocycles. The maximum Gasteiger partial charge on any atom is 0.408 e. The van der Waals surface area contributed by atoms with Gasteiger partial charge in [0, 0.05) is 13.0 Å². The van der Waals surface area contributed by atoms with Crippen molar-refractivity contribution in [2.75, 3.05) is 6.54 Å². The van der Waals surface area contributed by atoms with Crippen molar-refractivity contribution >= 4 is 18.0 Å². The van der Waals surface area contributed by atoms with Crippen molar-refractivity contribution in [1.29, 1.82) is 0 Å². The Morgan fingerprint density at radius 2 is 1.26 bits per heavy atom. The van der Waals surface area contributed by atoms with Crippen molar-refractivity contribution in [3.63, 3.8) is 0 Å². The molecule has 0 fully saturated rings. The summed E-state index contributed by atoms with van der Waals surface area (Å²) < 4.78 is 5.11. The van der Waals surface area contributed by atoms with Crippen LogP contribution in [-0.2, 0) is 14.3 Å². The van der Waals surface area contributed by atoms with Crippen LogP contribution < -0.4 is 10.6 Å². The van der Waals surface area contributed by atoms with E-state index in [0.717, 1.165) is 12.8 Å². The van der Waals surface area contributed by atoms with Crippen molar-refractivity contribution in [3.05, 3.63) is 0 Å². The second-order valence-electron chi connectivity index (χ2n) is 10.4. The zero-order chi connectivity index (χ0) is 25.7. The van der Waals surface area contributed by atoms with Crippen LogP contribution in [0.25, 0.3) is 0 Å². The van der Waals surface area contributed by atoms with Gasteiger partial charge in [0.2, 0.25) is 5.91 Å². The Kier molecular flexibility index (Phi) is 19.5. The molecule has 0 aromatic carbocycles. The Morgan fingerprint density at radius 1 is 0.765 bits per heavy atom. The summed E-state index contributed by atoms with van der Waals surface area (Å²) in [6.45, 7) is 7.95. The highest BCUT2D eigenvalue weighted by Gasteiger charge is 2.23. The van der Waals surface area contributed by atoms with Crippen molar-refractivity contribution in [2.24, 2.45) is 0 Å². The summed E-state index contributed by atoms with van der Waals surface area (Å²) in [6, 6.07) is -0.989. The number of unbranched alkanes of at least 4 members (excludes halogenated alkanes) is 13. The molecular formula is C27H52N2O5. The van der Waals surface area contributed by atoms with Gasteiger partial charge in [0.1, 0.15) is 11.6 Å². The highest BCUT2D eigenvalue weighted by molar-refractivity contribution is 5.80. The first kappa shape index (κ1) is 32.2. The van der Waals surface area contributed by atoms with Crippen LogP contribution in [0.2, 0.25) is 0 Å². The molecule has 0 spiro atoms. The van der Waals surface area contributed by atoms with E-state index in [1.54, 1.807) is 20.8 Å². The van der Waals surface area contributed by atoms with Crippen LogP contribution in [0.5, 0.6) is 0 Å². The Morgan fingerprint density at radius 3 is 1.74 bits per heavy atom. The van der Waals surface area contributed by atoms with E-state index in [-0.39, 0.29) is 5.91 Å². The van der Waals surface area contributed by atoms with Gasteiger partial charge in [-0.15, -0.1) is 0 Å². The van der Waals surface area contributed by atoms with Gasteiger partial charge >= 0.3 is 12.1 Å². The number of carbonyl (C=O) groups excluding carboxylic acids is 2. The third kappa shape index (κ3) is 22.0. The highest BCUT2D eigenvalue weighted by atomic mass is 16.6. The summed E-state index contributed by atoms with van der Waals surface area (Å²) >= 11 is 0. The standard InChI is InChI=1S/C27H52N2O5/c1-5-6-7-8-9-10-11-12-13-14-15-16-17-21-24(30)28-22-19-18-20-23(25(31)32)29-26(33)34-27(2,3)4/h23H,5-22H2,1-4H3,(H,28,30)(H,29,33)(H,31,32)/t23-/m0/s1. The summed E-state index contributed by atoms with van der Waals surface area (Å²) in [5, 5.41) is 14.6. The van der Waals surface area contributed by atoms with E-state index in [9.17, 15) is 19.5 Å². The fraction of sp³-hybridized carbons (Fsp3) is 0.889. The molecule has 0 aliphatic rings. The first-order valence-electron chi connectivity index (χ1n) is 13.6. The molecule has 0 aliphatic carbocycles. The zero-order valence-electron chi connectivity index (χ0n) is 22.4. The number of aliphatic carboxylic acids is 1. The predicted molar refractivity (Wildman–Crippen MR) is 138 cm³/mol. The largest absolute Gasteiger partial charge is 0.480 e. The van der Waals surface area contributed by atoms with Gasteiger partial charge < -0.3 is 20.5 Å². The molecule has 3 N–H and O–H groups in total. The third-order valence-electron chi connectivity index (χ3n) is 5.74. The maximum absolute atomic E-state index is 11.9. The molecule has 1 atom stereocenters. The number of hydrogen-bond donors (Lipinski definition) is 3. The first-order chi connectivity index (χ1) is 16.2. The number of carboxylic acid groups (broad SMARTS) is 1. The molecule has 0 aliphatic heterocycles. The average Bonchev–Trinajstić information content (AvgIpc) is 2.74. The molecule has 34 heavy (non-hydrogen) atoms. The molecule has 0 unspecified atom stereocenters. The average molecular weight is 485 g/mol. The fourth-order valence-corrected chi connectivity index (χ4v) is 3.80. The van der Waals surface area contributed by atoms with E-state index < -0.39 is 23.7 Å². The third-order valence-corrected chi connectivity index (χ3v) is 5.74. The van der Waals surface area contributed by atoms with Gasteiger partial charge in [0.25, 0.3) is 0 Å². The van der Waals surface area contributed by atoms with Crippen LogP contribution in [-0.4, -0.2) is 41.3 Å². The van der Waals surface area contributed by atoms with Crippen molar-refractivity contribution in [1.82, 2.24) is 10.6 Å². The second-order valence-corrected chi connectivity index (χ2v) is 10.4. The molecule has 7 nitrogen and oxygen atoms in total. The maximum atomic E-state index is 11.9. The van der Waals surface area contributed by atoms with Gasteiger partial charge in [-0.1, -0.05) is 84.0 Å². The van der Waals surface area contributed by atoms with Crippen LogP contribution in [0.3, 0.4) is 0 Å². The van der Waals surface area contributed by atoms with Crippen molar-refractivity contribution in [2.45, 2.75) is 148 Å². The number of carboxylic acids is 1. The Hall–Kier alpha value is -1.79. The van der Waals surface area contributed by atoms with Crippen LogP contribution in [0.4, 0.5) is 4.79 Å². The monoisotopic (exact) mass is 484 g/mol. The van der Waals surface area contributed by atoms with Gasteiger partial charge in [-0.25, -0.2) is 9.59 Å². The molecule has 2 amide bonds. The number of amides is 2. The van der Waals surface area contributed by atoms with Crippen LogP contribution in [0.1, 0.15) is 137 Å². The number of hydrogen-bond acceptors (Lipinski definition) is 4. The minimum atomic E-state index is -1.09. The van der Waals surface area contributed by atoms with Gasteiger partial charge in [0.05, 0.1) is 0 Å². The van der Waals surface area contributed by atoms with E-state index >= 15 is 0 Å². The summed E-state index contributed by atoms with van der Waals surface area (Å²) in [6.07, 6.45) is 18.1. The minimum absolute atomic E-state index is 0.0599. The number of rotatable bonds is 21. The van der Waals surface area contributed by atoms with E-state index in [2.05, 4.69) is 17.6 Å². The molecular weight excluding hydrogens is 432 g/mol. The molecule has 0 aromatic rings. The predicted octanol–water partition coefficient (Wildman–Crippen LogP) is 6.73. The summed E-state index contributed by atoms with van der Waals surface area (Å²) in [5.41, 5.74) is -0.676. The Labute approximate surface area is 208 Å². The van der Waals surface area contributed by atoms with Gasteiger partial charge in [-0.05, 0) is 46.5 Å². The topological polar surface area (TPSA) is 105 Å². The normalized spacial score (nSPS) is 12.2. The van der Waals surface area contributed by atoms with E-state index in [0.29, 0.717) is 32.2 Å². The lowest BCUT2D eigenvalue weighted by Crippen LogP contribution is -2.43. The number of carbonyl (C=O) groups is 3. The molecule has 0 bridgehead atoms. The number of nitrogens with one attached hydrogen (secondary N) is 2. The fourth-order valence-electron chi connectivity index (χ4n) is 3.80. The second kappa shape index (κ2) is 20.6. The number of alkyl carbamates (subject to hydrolysis) is 1. The van der Waals surface area contributed by atoms with Crippen LogP contribution in [0, 0.1) is 0 Å². The molecule has 7 heteroatoms. The quantitative estimate of drug-likeness (QED) is 0.157. The lowest BCUT2D eigenvalue weighted by atomic mass is 10.0. The molecule has 0 radical (unpaired) electrons. The molecule has 0 rings (SSSR count). The Bertz CT molecular complexity index is 546.